The van der Waals surface area contributed by atoms with Crippen molar-refractivity contribution in [2.75, 3.05) is 0 Å². The van der Waals surface area contributed by atoms with Crippen LogP contribution in [0.15, 0.2) is 42.5 Å². The molecule has 3 atom stereocenters. The van der Waals surface area contributed by atoms with Crippen molar-refractivity contribution in [3.05, 3.63) is 53.6 Å². The van der Waals surface area contributed by atoms with E-state index in [4.69, 9.17) is 4.74 Å². The molecular weight excluding hydrogens is 302 g/mol. The first-order valence-corrected chi connectivity index (χ1v) is 7.59. The molecule has 3 nitrogen and oxygen atoms in total. The van der Waals surface area contributed by atoms with Gasteiger partial charge in [0.25, 0.3) is 0 Å². The highest BCUT2D eigenvalue weighted by Gasteiger charge is 2.53. The zero-order chi connectivity index (χ0) is 16.2. The minimum atomic E-state index is -2.74. The van der Waals surface area contributed by atoms with Gasteiger partial charge in [-0.1, -0.05) is 12.1 Å². The number of ether oxygens (including phenoxy) is 1. The zero-order valence-corrected chi connectivity index (χ0v) is 12.2. The number of hydrogen-bond acceptors (Lipinski definition) is 3. The van der Waals surface area contributed by atoms with Crippen LogP contribution in [0.1, 0.15) is 36.0 Å². The van der Waals surface area contributed by atoms with Gasteiger partial charge in [0.15, 0.2) is 0 Å². The third kappa shape index (κ3) is 2.40. The molecule has 2 aromatic rings. The van der Waals surface area contributed by atoms with E-state index in [1.165, 1.54) is 24.3 Å². The van der Waals surface area contributed by atoms with Crippen LogP contribution < -0.4 is 4.74 Å². The Bertz CT molecular complexity index is 742. The fourth-order valence-electron chi connectivity index (χ4n) is 3.84. The van der Waals surface area contributed by atoms with Gasteiger partial charge < -0.3 is 14.9 Å². The third-order valence-corrected chi connectivity index (χ3v) is 4.83. The molecule has 0 amide bonds. The highest BCUT2D eigenvalue weighted by molar-refractivity contribution is 5.46. The van der Waals surface area contributed by atoms with E-state index in [1.807, 2.05) is 0 Å². The molecule has 2 aromatic carbocycles. The number of alkyl halides is 2. The van der Waals surface area contributed by atoms with Crippen molar-refractivity contribution >= 4 is 0 Å². The van der Waals surface area contributed by atoms with E-state index >= 15 is 0 Å². The average Bonchev–Trinajstić information content (AvgIpc) is 2.83. The lowest BCUT2D eigenvalue weighted by Crippen LogP contribution is -2.26. The Morgan fingerprint density at radius 3 is 2.39 bits per heavy atom. The molecule has 4 rings (SSSR count). The summed E-state index contributed by atoms with van der Waals surface area (Å²) in [6, 6.07) is 11.1. The molecular formula is C18H16F2O3. The second-order valence-electron chi connectivity index (χ2n) is 6.39. The van der Waals surface area contributed by atoms with Gasteiger partial charge in [-0.15, -0.1) is 0 Å². The van der Waals surface area contributed by atoms with Crippen LogP contribution in [-0.4, -0.2) is 16.1 Å². The molecule has 1 unspecified atom stereocenters. The zero-order valence-electron chi connectivity index (χ0n) is 12.2. The molecule has 0 spiro atoms. The highest BCUT2D eigenvalue weighted by atomic mass is 19.3. The summed E-state index contributed by atoms with van der Waals surface area (Å²) < 4.78 is 34.1. The topological polar surface area (TPSA) is 49.7 Å². The van der Waals surface area contributed by atoms with Crippen LogP contribution in [0.25, 0.3) is 0 Å². The minimum Gasteiger partial charge on any atom is -0.508 e. The number of aromatic hydroxyl groups is 2. The molecule has 2 aliphatic rings. The van der Waals surface area contributed by atoms with Crippen molar-refractivity contribution in [2.24, 2.45) is 5.92 Å². The van der Waals surface area contributed by atoms with Crippen molar-refractivity contribution in [3.63, 3.8) is 0 Å². The molecule has 0 aromatic heterocycles. The van der Waals surface area contributed by atoms with Crippen LogP contribution in [0.3, 0.4) is 0 Å². The van der Waals surface area contributed by atoms with Gasteiger partial charge >= 0.3 is 0 Å². The van der Waals surface area contributed by atoms with Crippen molar-refractivity contribution in [3.8, 4) is 17.2 Å². The fraction of sp³-hybridized carbons (Fsp3) is 0.333. The molecule has 1 saturated carbocycles. The first-order valence-electron chi connectivity index (χ1n) is 7.59. The molecule has 0 radical (unpaired) electrons. The standard InChI is InChI=1S/C18H16F2O3/c19-18(20)8-14-13-7-12(22)5-6-16(13)23-17(15(14)9-18)10-1-3-11(21)4-2-10/h1-7,14-15,17,21-22H,8-9H2/t14?,15-,17-/m0/s1. The van der Waals surface area contributed by atoms with Crippen LogP contribution in [0.2, 0.25) is 0 Å². The highest BCUT2D eigenvalue weighted by Crippen LogP contribution is 2.58. The summed E-state index contributed by atoms with van der Waals surface area (Å²) in [5, 5.41) is 19.1. The Balaban J connectivity index is 1.80. The van der Waals surface area contributed by atoms with Crippen molar-refractivity contribution in [1.29, 1.82) is 0 Å². The summed E-state index contributed by atoms with van der Waals surface area (Å²) in [7, 11) is 0. The molecule has 0 saturated heterocycles. The number of hydrogen-bond donors (Lipinski definition) is 2. The van der Waals surface area contributed by atoms with Gasteiger partial charge in [-0.2, -0.15) is 0 Å². The Morgan fingerprint density at radius 2 is 1.65 bits per heavy atom. The molecule has 1 aliphatic heterocycles. The van der Waals surface area contributed by atoms with Gasteiger partial charge in [0.1, 0.15) is 23.4 Å². The second kappa shape index (κ2) is 4.85. The third-order valence-electron chi connectivity index (χ3n) is 4.83. The lowest BCUT2D eigenvalue weighted by Gasteiger charge is -2.36. The van der Waals surface area contributed by atoms with Crippen molar-refractivity contribution < 1.29 is 23.7 Å². The van der Waals surface area contributed by atoms with E-state index in [0.717, 1.165) is 5.56 Å². The maximum absolute atomic E-state index is 14.0. The normalized spacial score (nSPS) is 27.8. The number of phenols is 2. The molecule has 1 heterocycles. The molecule has 5 heteroatoms. The van der Waals surface area contributed by atoms with Gasteiger partial charge in [0.2, 0.25) is 5.92 Å². The number of halogens is 2. The van der Waals surface area contributed by atoms with Crippen LogP contribution >= 0.6 is 0 Å². The number of benzene rings is 2. The summed E-state index contributed by atoms with van der Waals surface area (Å²) >= 11 is 0. The van der Waals surface area contributed by atoms with Gasteiger partial charge in [0.05, 0.1) is 0 Å². The largest absolute Gasteiger partial charge is 0.508 e. The predicted molar refractivity (Wildman–Crippen MR) is 80.0 cm³/mol. The maximum Gasteiger partial charge on any atom is 0.249 e. The summed E-state index contributed by atoms with van der Waals surface area (Å²) in [5.41, 5.74) is 1.43. The van der Waals surface area contributed by atoms with Crippen LogP contribution in [0.5, 0.6) is 17.2 Å². The lowest BCUT2D eigenvalue weighted by atomic mass is 9.80. The predicted octanol–water partition coefficient (Wildman–Crippen LogP) is 4.36. The summed E-state index contributed by atoms with van der Waals surface area (Å²) in [4.78, 5) is 0. The van der Waals surface area contributed by atoms with E-state index < -0.39 is 12.0 Å². The van der Waals surface area contributed by atoms with E-state index in [2.05, 4.69) is 0 Å². The van der Waals surface area contributed by atoms with Crippen molar-refractivity contribution in [1.82, 2.24) is 0 Å². The molecule has 2 N–H and O–H groups in total. The number of phenolic OH excluding ortho intramolecular Hbond substituents is 2. The second-order valence-corrected chi connectivity index (χ2v) is 6.39. The summed E-state index contributed by atoms with van der Waals surface area (Å²) in [5.74, 6) is -2.71. The van der Waals surface area contributed by atoms with Gasteiger partial charge in [0, 0.05) is 30.2 Å². The Hall–Kier alpha value is -2.30. The number of fused-ring (bicyclic) bond motifs is 3. The summed E-state index contributed by atoms with van der Waals surface area (Å²) in [6.07, 6.45) is -0.948. The Kier molecular flexibility index (Phi) is 3.01. The van der Waals surface area contributed by atoms with Gasteiger partial charge in [-0.25, -0.2) is 8.78 Å². The maximum atomic E-state index is 14.0. The molecule has 120 valence electrons. The quantitative estimate of drug-likeness (QED) is 0.821. The Labute approximate surface area is 132 Å². The van der Waals surface area contributed by atoms with Crippen LogP contribution in [0.4, 0.5) is 8.78 Å². The first-order chi connectivity index (χ1) is 10.9. The SMILES string of the molecule is Oc1ccc([C@@H]2Oc3ccc(O)cc3C3CC(F)(F)C[C@@H]32)cc1. The molecule has 1 fully saturated rings. The minimum absolute atomic E-state index is 0.0596. The smallest absolute Gasteiger partial charge is 0.249 e. The summed E-state index contributed by atoms with van der Waals surface area (Å²) in [6.45, 7) is 0. The molecule has 1 aliphatic carbocycles. The van der Waals surface area contributed by atoms with Gasteiger partial charge in [-0.05, 0) is 35.9 Å². The van der Waals surface area contributed by atoms with Crippen LogP contribution in [-0.2, 0) is 0 Å². The number of rotatable bonds is 1. The van der Waals surface area contributed by atoms with E-state index in [-0.39, 0.29) is 36.2 Å². The lowest BCUT2D eigenvalue weighted by molar-refractivity contribution is -0.00231. The van der Waals surface area contributed by atoms with E-state index in [0.29, 0.717) is 11.3 Å². The van der Waals surface area contributed by atoms with E-state index in [1.54, 1.807) is 18.2 Å². The molecule has 23 heavy (non-hydrogen) atoms. The Morgan fingerprint density at radius 1 is 0.957 bits per heavy atom. The fourth-order valence-corrected chi connectivity index (χ4v) is 3.84. The van der Waals surface area contributed by atoms with Crippen molar-refractivity contribution in [2.45, 2.75) is 30.8 Å². The van der Waals surface area contributed by atoms with Gasteiger partial charge in [-0.3, -0.25) is 0 Å². The average molecular weight is 318 g/mol. The molecule has 0 bridgehead atoms. The monoisotopic (exact) mass is 318 g/mol. The van der Waals surface area contributed by atoms with Crippen LogP contribution in [0, 0.1) is 5.92 Å². The first kappa shape index (κ1) is 14.3. The van der Waals surface area contributed by atoms with E-state index in [9.17, 15) is 19.0 Å².